The van der Waals surface area contributed by atoms with Crippen LogP contribution in [0, 0.1) is 17.2 Å². The summed E-state index contributed by atoms with van der Waals surface area (Å²) in [7, 11) is 0. The van der Waals surface area contributed by atoms with Crippen molar-refractivity contribution in [2.45, 2.75) is 31.6 Å². The van der Waals surface area contributed by atoms with Crippen molar-refractivity contribution in [3.63, 3.8) is 0 Å². The zero-order valence-corrected chi connectivity index (χ0v) is 15.8. The average Bonchev–Trinajstić information content (AvgIpc) is 2.68. The lowest BCUT2D eigenvalue weighted by Crippen LogP contribution is -2.32. The third kappa shape index (κ3) is 3.11. The molecular weight excluding hydrogens is 356 g/mol. The molecule has 3 nitrogen and oxygen atoms in total. The highest BCUT2D eigenvalue weighted by molar-refractivity contribution is 6.31. The first-order valence-corrected chi connectivity index (χ1v) is 9.48. The predicted octanol–water partition coefficient (Wildman–Crippen LogP) is 5.44. The van der Waals surface area contributed by atoms with Crippen molar-refractivity contribution in [1.82, 2.24) is 0 Å². The molecule has 0 radical (unpaired) electrons. The van der Waals surface area contributed by atoms with Crippen molar-refractivity contribution in [2.75, 3.05) is 0 Å². The molecule has 0 aromatic heterocycles. The highest BCUT2D eigenvalue weighted by Crippen LogP contribution is 2.47. The Morgan fingerprint density at radius 2 is 1.78 bits per heavy atom. The summed E-state index contributed by atoms with van der Waals surface area (Å²) in [6.45, 7) is 1.87. The monoisotopic (exact) mass is 374 g/mol. The molecule has 0 spiro atoms. The fraction of sp³-hybridized carbons (Fsp3) is 0.261. The van der Waals surface area contributed by atoms with Crippen molar-refractivity contribution in [3.05, 3.63) is 82.0 Å². The van der Waals surface area contributed by atoms with Gasteiger partial charge in [-0.2, -0.15) is 5.26 Å². The van der Waals surface area contributed by atoms with E-state index in [-0.39, 0.29) is 17.6 Å². The summed E-state index contributed by atoms with van der Waals surface area (Å²) in [5.74, 6) is -0.618. The van der Waals surface area contributed by atoms with Crippen LogP contribution in [-0.4, -0.2) is 11.5 Å². The number of carbonyl (C=O) groups excluding carboxylic acids is 1. The number of halogens is 1. The second kappa shape index (κ2) is 7.13. The van der Waals surface area contributed by atoms with E-state index in [1.165, 1.54) is 0 Å². The molecule has 2 aromatic rings. The molecule has 1 heterocycles. The van der Waals surface area contributed by atoms with E-state index in [9.17, 15) is 10.1 Å². The van der Waals surface area contributed by atoms with Crippen LogP contribution in [0.3, 0.4) is 0 Å². The van der Waals surface area contributed by atoms with Crippen LogP contribution in [0.1, 0.15) is 42.7 Å². The van der Waals surface area contributed by atoms with Crippen molar-refractivity contribution in [3.8, 4) is 6.07 Å². The molecule has 0 fully saturated rings. The first kappa shape index (κ1) is 17.7. The number of rotatable bonds is 2. The number of Topliss-reactive ketones (excluding diaryl/α,β-unsaturated/α-hetero) is 1. The van der Waals surface area contributed by atoms with E-state index in [0.29, 0.717) is 23.4 Å². The molecule has 2 aromatic carbocycles. The zero-order valence-electron chi connectivity index (χ0n) is 15.0. The van der Waals surface area contributed by atoms with Crippen LogP contribution < -0.4 is 0 Å². The van der Waals surface area contributed by atoms with E-state index in [1.54, 1.807) is 0 Å². The van der Waals surface area contributed by atoms with Gasteiger partial charge >= 0.3 is 0 Å². The standard InChI is InChI=1S/C23H19ClN2O/c1-14-18(13-25)22(17-9-5-6-10-19(17)24)23-20(26-14)11-16(12-21(23)27)15-7-3-2-4-8-15/h2-10,16,18,22H,11-12H2,1H3/t16-,18?,22+/m1/s1. The van der Waals surface area contributed by atoms with E-state index >= 15 is 0 Å². The van der Waals surface area contributed by atoms with Crippen LogP contribution in [0.2, 0.25) is 5.02 Å². The van der Waals surface area contributed by atoms with Gasteiger partial charge in [0.25, 0.3) is 0 Å². The molecule has 0 amide bonds. The minimum atomic E-state index is -0.471. The largest absolute Gasteiger partial charge is 0.294 e. The van der Waals surface area contributed by atoms with E-state index in [2.05, 4.69) is 18.2 Å². The number of aliphatic imine (C=N–C) groups is 1. The van der Waals surface area contributed by atoms with Gasteiger partial charge in [0.1, 0.15) is 0 Å². The first-order chi connectivity index (χ1) is 13.1. The molecule has 4 rings (SSSR count). The molecule has 1 unspecified atom stereocenters. The minimum Gasteiger partial charge on any atom is -0.294 e. The minimum absolute atomic E-state index is 0.0755. The average molecular weight is 375 g/mol. The van der Waals surface area contributed by atoms with Gasteiger partial charge in [0, 0.05) is 34.3 Å². The number of carbonyl (C=O) groups is 1. The number of allylic oxidation sites excluding steroid dienone is 2. The topological polar surface area (TPSA) is 53.2 Å². The van der Waals surface area contributed by atoms with E-state index in [4.69, 9.17) is 16.6 Å². The van der Waals surface area contributed by atoms with E-state index in [0.717, 1.165) is 22.5 Å². The normalized spacial score (nSPS) is 24.9. The molecule has 0 saturated carbocycles. The fourth-order valence-electron chi connectivity index (χ4n) is 4.25. The maximum absolute atomic E-state index is 13.2. The Labute approximate surface area is 164 Å². The summed E-state index contributed by atoms with van der Waals surface area (Å²) in [6, 6.07) is 19.9. The van der Waals surface area contributed by atoms with Gasteiger partial charge in [-0.15, -0.1) is 0 Å². The number of ketones is 1. The summed E-state index contributed by atoms with van der Waals surface area (Å²) in [4.78, 5) is 17.9. The molecule has 27 heavy (non-hydrogen) atoms. The second-order valence-corrected chi connectivity index (χ2v) is 7.57. The summed E-state index contributed by atoms with van der Waals surface area (Å²) >= 11 is 6.45. The van der Waals surface area contributed by atoms with Gasteiger partial charge in [-0.25, -0.2) is 0 Å². The van der Waals surface area contributed by atoms with Gasteiger partial charge in [-0.1, -0.05) is 60.1 Å². The van der Waals surface area contributed by atoms with Crippen molar-refractivity contribution >= 4 is 23.1 Å². The van der Waals surface area contributed by atoms with Gasteiger partial charge in [0.15, 0.2) is 5.78 Å². The molecule has 4 heteroatoms. The third-order valence-corrected chi connectivity index (χ3v) is 5.88. The number of hydrogen-bond acceptors (Lipinski definition) is 3. The Morgan fingerprint density at radius 1 is 1.07 bits per heavy atom. The molecule has 0 bridgehead atoms. The lowest BCUT2D eigenvalue weighted by molar-refractivity contribution is -0.116. The lowest BCUT2D eigenvalue weighted by atomic mass is 9.69. The van der Waals surface area contributed by atoms with E-state index in [1.807, 2.05) is 49.4 Å². The van der Waals surface area contributed by atoms with Crippen LogP contribution >= 0.6 is 11.6 Å². The SMILES string of the molecule is CC1=NC2=C(C(=O)C[C@H](c3ccccc3)C2)[C@@H](c2ccccc2Cl)C1C#N. The predicted molar refractivity (Wildman–Crippen MR) is 107 cm³/mol. The van der Waals surface area contributed by atoms with Crippen LogP contribution in [0.5, 0.6) is 0 Å². The molecular formula is C23H19ClN2O. The quantitative estimate of drug-likeness (QED) is 0.702. The number of nitrogens with zero attached hydrogens (tertiary/aromatic N) is 2. The van der Waals surface area contributed by atoms with Crippen LogP contribution in [-0.2, 0) is 4.79 Å². The Balaban J connectivity index is 1.82. The van der Waals surface area contributed by atoms with Crippen LogP contribution in [0.4, 0.5) is 0 Å². The Kier molecular flexibility index (Phi) is 4.68. The van der Waals surface area contributed by atoms with Gasteiger partial charge in [0.05, 0.1) is 12.0 Å². The molecule has 3 atom stereocenters. The maximum atomic E-state index is 13.2. The Morgan fingerprint density at radius 3 is 2.48 bits per heavy atom. The fourth-order valence-corrected chi connectivity index (χ4v) is 4.50. The number of nitriles is 1. The van der Waals surface area contributed by atoms with Crippen molar-refractivity contribution < 1.29 is 4.79 Å². The van der Waals surface area contributed by atoms with Crippen LogP contribution in [0.15, 0.2) is 70.9 Å². The van der Waals surface area contributed by atoms with E-state index < -0.39 is 5.92 Å². The second-order valence-electron chi connectivity index (χ2n) is 7.16. The Hall–Kier alpha value is -2.70. The molecule has 1 aliphatic carbocycles. The molecule has 0 N–H and O–H groups in total. The van der Waals surface area contributed by atoms with Crippen molar-refractivity contribution in [2.24, 2.45) is 10.9 Å². The molecule has 2 aliphatic rings. The van der Waals surface area contributed by atoms with Crippen LogP contribution in [0.25, 0.3) is 0 Å². The lowest BCUT2D eigenvalue weighted by Gasteiger charge is -2.35. The number of benzene rings is 2. The maximum Gasteiger partial charge on any atom is 0.161 e. The number of hydrogen-bond donors (Lipinski definition) is 0. The molecule has 134 valence electrons. The summed E-state index contributed by atoms with van der Waals surface area (Å²) in [5.41, 5.74) is 4.23. The summed E-state index contributed by atoms with van der Waals surface area (Å²) in [5, 5.41) is 10.4. The Bertz CT molecular complexity index is 1000. The molecule has 0 saturated heterocycles. The van der Waals surface area contributed by atoms with Gasteiger partial charge in [-0.05, 0) is 36.5 Å². The highest BCUT2D eigenvalue weighted by Gasteiger charge is 2.41. The van der Waals surface area contributed by atoms with Gasteiger partial charge < -0.3 is 0 Å². The van der Waals surface area contributed by atoms with Gasteiger partial charge in [-0.3, -0.25) is 9.79 Å². The van der Waals surface area contributed by atoms with Crippen molar-refractivity contribution in [1.29, 1.82) is 5.26 Å². The first-order valence-electron chi connectivity index (χ1n) is 9.10. The zero-order chi connectivity index (χ0) is 19.0. The summed E-state index contributed by atoms with van der Waals surface area (Å²) < 4.78 is 0. The smallest absolute Gasteiger partial charge is 0.161 e. The molecule has 1 aliphatic heterocycles. The highest BCUT2D eigenvalue weighted by atomic mass is 35.5. The third-order valence-electron chi connectivity index (χ3n) is 5.54. The summed E-state index contributed by atoms with van der Waals surface area (Å²) in [6.07, 6.45) is 1.15. The van der Waals surface area contributed by atoms with Gasteiger partial charge in [0.2, 0.25) is 0 Å².